The Bertz CT molecular complexity index is 472. The van der Waals surface area contributed by atoms with Gasteiger partial charge in [0, 0.05) is 24.8 Å². The number of likely N-dealkylation sites (tertiary alicyclic amines) is 1. The van der Waals surface area contributed by atoms with E-state index in [0.29, 0.717) is 6.04 Å². The third kappa shape index (κ3) is 6.02. The van der Waals surface area contributed by atoms with Crippen LogP contribution in [0.3, 0.4) is 0 Å². The Labute approximate surface area is 144 Å². The second-order valence-electron chi connectivity index (χ2n) is 6.54. The predicted octanol–water partition coefficient (Wildman–Crippen LogP) is 5.21. The predicted molar refractivity (Wildman–Crippen MR) is 104 cm³/mol. The molecule has 1 fully saturated rings. The van der Waals surface area contributed by atoms with Crippen LogP contribution >= 0.6 is 0 Å². The fourth-order valence-corrected chi connectivity index (χ4v) is 3.22. The molecule has 1 N–H and O–H groups in total. The van der Waals surface area contributed by atoms with Gasteiger partial charge >= 0.3 is 0 Å². The van der Waals surface area contributed by atoms with Gasteiger partial charge in [-0.2, -0.15) is 0 Å². The molecule has 1 rings (SSSR count). The molecule has 2 nitrogen and oxygen atoms in total. The van der Waals surface area contributed by atoms with Gasteiger partial charge in [-0.15, -0.1) is 0 Å². The Hall–Kier alpha value is -1.28. The van der Waals surface area contributed by atoms with Crippen LogP contribution in [0.4, 0.5) is 0 Å². The molecule has 0 amide bonds. The van der Waals surface area contributed by atoms with Gasteiger partial charge in [0.1, 0.15) is 0 Å². The summed E-state index contributed by atoms with van der Waals surface area (Å²) in [5.41, 5.74) is 5.73. The number of allylic oxidation sites excluding steroid dienone is 6. The van der Waals surface area contributed by atoms with Crippen molar-refractivity contribution in [1.82, 2.24) is 10.2 Å². The minimum absolute atomic E-state index is 0.675. The summed E-state index contributed by atoms with van der Waals surface area (Å²) in [6, 6.07) is 0.675. The molecule has 0 aromatic carbocycles. The molecule has 1 aliphatic rings. The molecule has 0 bridgehead atoms. The van der Waals surface area contributed by atoms with Crippen LogP contribution in [0.5, 0.6) is 0 Å². The number of hydrogen-bond donors (Lipinski definition) is 1. The number of nitrogens with zero attached hydrogens (tertiary/aromatic N) is 1. The van der Waals surface area contributed by atoms with E-state index in [9.17, 15) is 0 Å². The van der Waals surface area contributed by atoms with Gasteiger partial charge in [0.25, 0.3) is 0 Å². The molecule has 1 heterocycles. The highest BCUT2D eigenvalue weighted by Crippen LogP contribution is 2.27. The van der Waals surface area contributed by atoms with Crippen molar-refractivity contribution >= 4 is 0 Å². The first kappa shape index (κ1) is 19.8. The molecule has 23 heavy (non-hydrogen) atoms. The molecular weight excluding hydrogens is 280 g/mol. The van der Waals surface area contributed by atoms with Crippen molar-refractivity contribution < 1.29 is 0 Å². The number of piperidine rings is 1. The van der Waals surface area contributed by atoms with E-state index < -0.39 is 0 Å². The summed E-state index contributed by atoms with van der Waals surface area (Å²) >= 11 is 0. The highest BCUT2D eigenvalue weighted by atomic mass is 15.2. The van der Waals surface area contributed by atoms with Crippen LogP contribution in [0.25, 0.3) is 0 Å². The van der Waals surface area contributed by atoms with E-state index in [2.05, 4.69) is 76.2 Å². The summed E-state index contributed by atoms with van der Waals surface area (Å²) < 4.78 is 0. The number of hydrogen-bond acceptors (Lipinski definition) is 2. The average Bonchev–Trinajstić information content (AvgIpc) is 2.58. The largest absolute Gasteiger partial charge is 0.371 e. The Morgan fingerprint density at radius 3 is 2.26 bits per heavy atom. The third-order valence-corrected chi connectivity index (χ3v) is 4.81. The lowest BCUT2D eigenvalue weighted by molar-refractivity contribution is 0.251. The molecule has 0 atom stereocenters. The quantitative estimate of drug-likeness (QED) is 0.512. The van der Waals surface area contributed by atoms with Gasteiger partial charge < -0.3 is 10.2 Å². The van der Waals surface area contributed by atoms with E-state index in [1.807, 2.05) is 0 Å². The summed E-state index contributed by atoms with van der Waals surface area (Å²) in [7, 11) is 2.08. The van der Waals surface area contributed by atoms with Crippen LogP contribution in [-0.2, 0) is 0 Å². The molecule has 2 heteroatoms. The first-order valence-electron chi connectivity index (χ1n) is 9.14. The smallest absolute Gasteiger partial charge is 0.0395 e. The molecule has 0 saturated carbocycles. The number of nitrogens with one attached hydrogen (secondary N) is 1. The summed E-state index contributed by atoms with van der Waals surface area (Å²) in [5.74, 6) is 0. The van der Waals surface area contributed by atoms with Crippen molar-refractivity contribution in [3.63, 3.8) is 0 Å². The maximum absolute atomic E-state index is 3.42. The van der Waals surface area contributed by atoms with Gasteiger partial charge in [-0.3, -0.25) is 0 Å². The molecule has 0 aliphatic carbocycles. The fraction of sp³-hybridized carbons (Fsp3) is 0.619. The van der Waals surface area contributed by atoms with E-state index in [1.165, 1.54) is 35.3 Å². The zero-order valence-corrected chi connectivity index (χ0v) is 16.1. The Kier molecular flexibility index (Phi) is 9.01. The summed E-state index contributed by atoms with van der Waals surface area (Å²) in [4.78, 5) is 2.57. The SMILES string of the molecule is C/C=C(/C)C/C(C)=C(/C=C\CC)C(=C/C)\N1CCC(NC)CC1. The minimum Gasteiger partial charge on any atom is -0.371 e. The molecule has 0 radical (unpaired) electrons. The lowest BCUT2D eigenvalue weighted by atomic mass is 9.96. The number of rotatable bonds is 7. The van der Waals surface area contributed by atoms with Crippen molar-refractivity contribution in [1.29, 1.82) is 0 Å². The molecule has 0 spiro atoms. The van der Waals surface area contributed by atoms with E-state index in [4.69, 9.17) is 0 Å². The lowest BCUT2D eigenvalue weighted by Crippen LogP contribution is -2.41. The highest BCUT2D eigenvalue weighted by molar-refractivity contribution is 5.43. The minimum atomic E-state index is 0.675. The van der Waals surface area contributed by atoms with Crippen molar-refractivity contribution in [2.75, 3.05) is 20.1 Å². The zero-order valence-electron chi connectivity index (χ0n) is 16.1. The Morgan fingerprint density at radius 1 is 1.13 bits per heavy atom. The first-order valence-corrected chi connectivity index (χ1v) is 9.14. The zero-order chi connectivity index (χ0) is 17.2. The van der Waals surface area contributed by atoms with E-state index in [-0.39, 0.29) is 0 Å². The molecule has 130 valence electrons. The van der Waals surface area contributed by atoms with Gasteiger partial charge in [-0.25, -0.2) is 0 Å². The fourth-order valence-electron chi connectivity index (χ4n) is 3.22. The summed E-state index contributed by atoms with van der Waals surface area (Å²) in [5, 5.41) is 3.42. The van der Waals surface area contributed by atoms with E-state index in [0.717, 1.165) is 25.9 Å². The van der Waals surface area contributed by atoms with Crippen LogP contribution in [0.1, 0.15) is 60.3 Å². The highest BCUT2D eigenvalue weighted by Gasteiger charge is 2.21. The second kappa shape index (κ2) is 10.5. The standard InChI is InChI=1S/C21H36N2/c1-7-10-11-20(18(5)16-17(4)8-2)21(9-3)23-14-12-19(22-6)13-15-23/h8-11,19,22H,7,12-16H2,1-6H3/b11-10-,17-8-,20-18-,21-9+. The van der Waals surface area contributed by atoms with Crippen LogP contribution in [0.15, 0.2) is 46.7 Å². The second-order valence-corrected chi connectivity index (χ2v) is 6.54. The van der Waals surface area contributed by atoms with Gasteiger partial charge in [0.2, 0.25) is 0 Å². The molecule has 1 aliphatic heterocycles. The molecule has 0 unspecified atom stereocenters. The molecule has 1 saturated heterocycles. The van der Waals surface area contributed by atoms with Gasteiger partial charge in [-0.1, -0.05) is 42.4 Å². The molecular formula is C21H36N2. The van der Waals surface area contributed by atoms with Crippen molar-refractivity contribution in [2.45, 2.75) is 66.3 Å². The van der Waals surface area contributed by atoms with Gasteiger partial charge in [0.05, 0.1) is 0 Å². The van der Waals surface area contributed by atoms with Crippen LogP contribution in [0.2, 0.25) is 0 Å². The monoisotopic (exact) mass is 316 g/mol. The molecule has 0 aromatic heterocycles. The van der Waals surface area contributed by atoms with Crippen molar-refractivity contribution in [2.24, 2.45) is 0 Å². The Balaban J connectivity index is 3.04. The first-order chi connectivity index (χ1) is 11.1. The third-order valence-electron chi connectivity index (χ3n) is 4.81. The maximum Gasteiger partial charge on any atom is 0.0395 e. The summed E-state index contributed by atoms with van der Waals surface area (Å²) in [6.07, 6.45) is 13.7. The van der Waals surface area contributed by atoms with Gasteiger partial charge in [-0.05, 0) is 66.0 Å². The van der Waals surface area contributed by atoms with E-state index >= 15 is 0 Å². The van der Waals surface area contributed by atoms with Gasteiger partial charge in [0.15, 0.2) is 0 Å². The normalized spacial score (nSPS) is 19.5. The lowest BCUT2D eigenvalue weighted by Gasteiger charge is -2.36. The maximum atomic E-state index is 3.42. The van der Waals surface area contributed by atoms with Crippen molar-refractivity contribution in [3.05, 3.63) is 46.7 Å². The van der Waals surface area contributed by atoms with Crippen LogP contribution < -0.4 is 5.32 Å². The topological polar surface area (TPSA) is 15.3 Å². The average molecular weight is 317 g/mol. The Morgan fingerprint density at radius 2 is 1.78 bits per heavy atom. The van der Waals surface area contributed by atoms with Crippen LogP contribution in [-0.4, -0.2) is 31.1 Å². The van der Waals surface area contributed by atoms with Crippen LogP contribution in [0, 0.1) is 0 Å². The van der Waals surface area contributed by atoms with E-state index in [1.54, 1.807) is 0 Å². The summed E-state index contributed by atoms with van der Waals surface area (Å²) in [6.45, 7) is 13.3. The molecule has 0 aromatic rings. The van der Waals surface area contributed by atoms with Crippen molar-refractivity contribution in [3.8, 4) is 0 Å².